The smallest absolute Gasteiger partial charge is 0.246 e. The van der Waals surface area contributed by atoms with E-state index >= 15 is 0 Å². The van der Waals surface area contributed by atoms with Crippen molar-refractivity contribution in [3.8, 4) is 0 Å². The van der Waals surface area contributed by atoms with Crippen LogP contribution in [0.1, 0.15) is 11.8 Å². The molecule has 0 aliphatic carbocycles. The first-order valence-electron chi connectivity index (χ1n) is 5.47. The lowest BCUT2D eigenvalue weighted by Crippen LogP contribution is -2.38. The molecule has 1 fully saturated rings. The third-order valence-electron chi connectivity index (χ3n) is 2.78. The predicted octanol–water partition coefficient (Wildman–Crippen LogP) is 1.33. The molecule has 1 aromatic heterocycles. The molecule has 0 saturated carbocycles. The van der Waals surface area contributed by atoms with Crippen LogP contribution in [0.5, 0.6) is 0 Å². The third-order valence-corrected chi connectivity index (χ3v) is 3.72. The average Bonchev–Trinajstić information content (AvgIpc) is 2.67. The summed E-state index contributed by atoms with van der Waals surface area (Å²) in [5, 5.41) is 8.15. The second kappa shape index (κ2) is 5.27. The van der Waals surface area contributed by atoms with Crippen LogP contribution in [0, 0.1) is 0 Å². The molecule has 86 valence electrons. The molecule has 0 atom stereocenters. The molecule has 2 heterocycles. The van der Waals surface area contributed by atoms with Crippen molar-refractivity contribution in [1.29, 1.82) is 0 Å². The second-order valence-corrected chi connectivity index (χ2v) is 4.95. The van der Waals surface area contributed by atoms with E-state index in [0.717, 1.165) is 31.6 Å². The minimum Gasteiger partial charge on any atom is -0.352 e. The van der Waals surface area contributed by atoms with Gasteiger partial charge in [-0.05, 0) is 30.4 Å². The molecule has 3 nitrogen and oxygen atoms in total. The number of hydrogen-bond donors (Lipinski definition) is 2. The van der Waals surface area contributed by atoms with Crippen LogP contribution in [-0.4, -0.2) is 25.5 Å². The number of nitrogens with one attached hydrogen (secondary N) is 2. The van der Waals surface area contributed by atoms with Crippen molar-refractivity contribution in [2.45, 2.75) is 13.3 Å². The van der Waals surface area contributed by atoms with E-state index in [9.17, 15) is 4.79 Å². The van der Waals surface area contributed by atoms with E-state index in [2.05, 4.69) is 22.1 Å². The Hall–Kier alpha value is -1.13. The quantitative estimate of drug-likeness (QED) is 0.774. The lowest BCUT2D eigenvalue weighted by Gasteiger charge is -2.21. The van der Waals surface area contributed by atoms with Crippen LogP contribution in [0.2, 0.25) is 0 Å². The maximum Gasteiger partial charge on any atom is 0.246 e. The van der Waals surface area contributed by atoms with Crippen LogP contribution in [0.4, 0.5) is 0 Å². The molecule has 2 rings (SSSR count). The first-order chi connectivity index (χ1) is 7.77. The van der Waals surface area contributed by atoms with Crippen molar-refractivity contribution in [1.82, 2.24) is 10.6 Å². The number of rotatable bonds is 4. The first-order valence-corrected chi connectivity index (χ1v) is 6.35. The van der Waals surface area contributed by atoms with E-state index < -0.39 is 0 Å². The Labute approximate surface area is 99.6 Å². The molecule has 0 aromatic carbocycles. The summed E-state index contributed by atoms with van der Waals surface area (Å²) in [7, 11) is 0. The van der Waals surface area contributed by atoms with Crippen LogP contribution in [0.3, 0.4) is 0 Å². The molecule has 16 heavy (non-hydrogen) atoms. The van der Waals surface area contributed by atoms with Gasteiger partial charge < -0.3 is 10.6 Å². The number of amides is 1. The van der Waals surface area contributed by atoms with Crippen molar-refractivity contribution in [2.24, 2.45) is 0 Å². The lowest BCUT2D eigenvalue weighted by molar-refractivity contribution is -0.117. The second-order valence-electron chi connectivity index (χ2n) is 3.92. The molecular weight excluding hydrogens is 220 g/mol. The first kappa shape index (κ1) is 11.4. The number of hydrogen-bond acceptors (Lipinski definition) is 3. The molecule has 0 bridgehead atoms. The highest BCUT2D eigenvalue weighted by Crippen LogP contribution is 2.10. The molecule has 4 heteroatoms. The largest absolute Gasteiger partial charge is 0.352 e. The van der Waals surface area contributed by atoms with Gasteiger partial charge in [-0.25, -0.2) is 0 Å². The molecule has 1 aliphatic heterocycles. The van der Waals surface area contributed by atoms with Gasteiger partial charge in [0.15, 0.2) is 0 Å². The van der Waals surface area contributed by atoms with Gasteiger partial charge >= 0.3 is 0 Å². The molecule has 1 saturated heterocycles. The molecule has 2 N–H and O–H groups in total. The van der Waals surface area contributed by atoms with Crippen LogP contribution in [0.25, 0.3) is 0 Å². The van der Waals surface area contributed by atoms with Crippen molar-refractivity contribution >= 4 is 17.2 Å². The maximum atomic E-state index is 11.7. The van der Waals surface area contributed by atoms with Gasteiger partial charge in [0.1, 0.15) is 0 Å². The van der Waals surface area contributed by atoms with Gasteiger partial charge in [0.05, 0.1) is 0 Å². The monoisotopic (exact) mass is 236 g/mol. The molecule has 1 aromatic rings. The summed E-state index contributed by atoms with van der Waals surface area (Å²) >= 11 is 1.73. The highest BCUT2D eigenvalue weighted by atomic mass is 32.1. The van der Waals surface area contributed by atoms with Crippen LogP contribution >= 0.6 is 11.3 Å². The maximum absolute atomic E-state index is 11.7. The number of carbonyl (C=O) groups excluding carboxylic acids is 1. The van der Waals surface area contributed by atoms with E-state index in [1.807, 2.05) is 13.0 Å². The van der Waals surface area contributed by atoms with E-state index in [4.69, 9.17) is 0 Å². The molecule has 1 amide bonds. The summed E-state index contributed by atoms with van der Waals surface area (Å²) in [6.07, 6.45) is 0.921. The van der Waals surface area contributed by atoms with E-state index in [1.165, 1.54) is 10.5 Å². The van der Waals surface area contributed by atoms with E-state index in [0.29, 0.717) is 0 Å². The topological polar surface area (TPSA) is 41.1 Å². The summed E-state index contributed by atoms with van der Waals surface area (Å²) in [6, 6.07) is 4.13. The summed E-state index contributed by atoms with van der Waals surface area (Å²) in [5.74, 6) is 0.0769. The van der Waals surface area contributed by atoms with Gasteiger partial charge in [-0.3, -0.25) is 4.79 Å². The summed E-state index contributed by atoms with van der Waals surface area (Å²) < 4.78 is 0. The van der Waals surface area contributed by atoms with Crippen LogP contribution < -0.4 is 10.6 Å². The van der Waals surface area contributed by atoms with Crippen molar-refractivity contribution in [2.75, 3.05) is 19.6 Å². The zero-order valence-corrected chi connectivity index (χ0v) is 10.2. The molecule has 0 unspecified atom stereocenters. The normalized spacial score (nSPS) is 14.4. The third kappa shape index (κ3) is 2.71. The Morgan fingerprint density at radius 1 is 1.56 bits per heavy atom. The molecule has 1 aliphatic rings. The van der Waals surface area contributed by atoms with Gasteiger partial charge in [-0.1, -0.05) is 6.07 Å². The van der Waals surface area contributed by atoms with Gasteiger partial charge in [0.25, 0.3) is 0 Å². The van der Waals surface area contributed by atoms with Gasteiger partial charge in [0.2, 0.25) is 5.91 Å². The standard InChI is InChI=1S/C12H16N2OS/c1-9(10-7-13-8-10)12(15)14-5-4-11-3-2-6-16-11/h2-3,6,13H,4-5,7-8H2,1H3,(H,14,15). The fourth-order valence-electron chi connectivity index (χ4n) is 1.56. The Balaban J connectivity index is 1.76. The van der Waals surface area contributed by atoms with Crippen molar-refractivity contribution in [3.05, 3.63) is 33.5 Å². The molecular formula is C12H16N2OS. The zero-order chi connectivity index (χ0) is 11.4. The minimum absolute atomic E-state index is 0.0769. The lowest BCUT2D eigenvalue weighted by atomic mass is 10.0. The Kier molecular flexibility index (Phi) is 3.74. The Bertz CT molecular complexity index is 389. The van der Waals surface area contributed by atoms with E-state index in [-0.39, 0.29) is 5.91 Å². The Morgan fingerprint density at radius 3 is 2.94 bits per heavy atom. The minimum atomic E-state index is 0.0769. The predicted molar refractivity (Wildman–Crippen MR) is 66.6 cm³/mol. The van der Waals surface area contributed by atoms with Crippen LogP contribution in [0.15, 0.2) is 28.7 Å². The molecule has 0 radical (unpaired) electrons. The van der Waals surface area contributed by atoms with E-state index in [1.54, 1.807) is 11.3 Å². The summed E-state index contributed by atoms with van der Waals surface area (Å²) in [4.78, 5) is 13.0. The SMILES string of the molecule is CC(C(=O)NCCc1cccs1)=C1CNC1. The van der Waals surface area contributed by atoms with Crippen LogP contribution in [-0.2, 0) is 11.2 Å². The van der Waals surface area contributed by atoms with Crippen molar-refractivity contribution < 1.29 is 4.79 Å². The number of thiophene rings is 1. The van der Waals surface area contributed by atoms with Gasteiger partial charge in [-0.2, -0.15) is 0 Å². The fraction of sp³-hybridized carbons (Fsp3) is 0.417. The summed E-state index contributed by atoms with van der Waals surface area (Å²) in [6.45, 7) is 4.35. The highest BCUT2D eigenvalue weighted by Gasteiger charge is 2.15. The fourth-order valence-corrected chi connectivity index (χ4v) is 2.27. The number of carbonyl (C=O) groups is 1. The summed E-state index contributed by atoms with van der Waals surface area (Å²) in [5.41, 5.74) is 2.11. The zero-order valence-electron chi connectivity index (χ0n) is 9.38. The van der Waals surface area contributed by atoms with Gasteiger partial charge in [0, 0.05) is 30.1 Å². The van der Waals surface area contributed by atoms with Gasteiger partial charge in [-0.15, -0.1) is 11.3 Å². The Morgan fingerprint density at radius 2 is 2.38 bits per heavy atom. The highest BCUT2D eigenvalue weighted by molar-refractivity contribution is 7.09. The van der Waals surface area contributed by atoms with Crippen molar-refractivity contribution in [3.63, 3.8) is 0 Å². The molecule has 0 spiro atoms. The average molecular weight is 236 g/mol.